The number of ether oxygens (including phenoxy) is 3. The lowest BCUT2D eigenvalue weighted by Gasteiger charge is -2.27. The Bertz CT molecular complexity index is 1110. The van der Waals surface area contributed by atoms with Crippen molar-refractivity contribution in [1.29, 1.82) is 5.26 Å². The summed E-state index contributed by atoms with van der Waals surface area (Å²) in [6.07, 6.45) is 0. The number of hydrogen-bond donors (Lipinski definition) is 1. The van der Waals surface area contributed by atoms with Crippen molar-refractivity contribution in [3.8, 4) is 23.3 Å². The highest BCUT2D eigenvalue weighted by molar-refractivity contribution is 5.57. The Labute approximate surface area is 168 Å². The minimum atomic E-state index is -0.642. The molecule has 3 heterocycles. The third-order valence-corrected chi connectivity index (χ3v) is 5.19. The summed E-state index contributed by atoms with van der Waals surface area (Å²) >= 11 is 0. The van der Waals surface area contributed by atoms with Gasteiger partial charge in [-0.1, -0.05) is 6.07 Å². The molecule has 0 bridgehead atoms. The molecule has 8 heteroatoms. The zero-order valence-corrected chi connectivity index (χ0v) is 16.6. The molecule has 0 saturated heterocycles. The Balaban J connectivity index is 1.90. The van der Waals surface area contributed by atoms with Crippen LogP contribution in [0.25, 0.3) is 0 Å². The van der Waals surface area contributed by atoms with Crippen molar-refractivity contribution in [3.63, 3.8) is 0 Å². The number of allylic oxidation sites excluding steroid dienone is 1. The van der Waals surface area contributed by atoms with Gasteiger partial charge >= 0.3 is 0 Å². The molecule has 2 aliphatic rings. The maximum atomic E-state index is 13.5. The highest BCUT2D eigenvalue weighted by Crippen LogP contribution is 2.43. The van der Waals surface area contributed by atoms with Gasteiger partial charge in [-0.2, -0.15) is 5.26 Å². The number of fused-ring (bicyclic) bond motifs is 2. The van der Waals surface area contributed by atoms with Gasteiger partial charge in [0.05, 0.1) is 11.5 Å². The normalized spacial score (nSPS) is 17.1. The van der Waals surface area contributed by atoms with Crippen LogP contribution in [0.3, 0.4) is 0 Å². The molecule has 0 aliphatic carbocycles. The summed E-state index contributed by atoms with van der Waals surface area (Å²) in [5, 5.41) is 9.76. The maximum absolute atomic E-state index is 13.5. The van der Waals surface area contributed by atoms with E-state index in [0.717, 1.165) is 11.3 Å². The first-order chi connectivity index (χ1) is 13.9. The van der Waals surface area contributed by atoms with Crippen molar-refractivity contribution in [2.45, 2.75) is 19.4 Å². The number of nitrogens with zero attached hydrogens (tertiary/aromatic N) is 3. The fourth-order valence-electron chi connectivity index (χ4n) is 3.69. The Hall–Kier alpha value is -3.44. The fraction of sp³-hybridized carbons (Fsp3) is 0.333. The van der Waals surface area contributed by atoms with Crippen LogP contribution >= 0.6 is 0 Å². The maximum Gasteiger partial charge on any atom is 0.258 e. The van der Waals surface area contributed by atoms with Gasteiger partial charge in [-0.25, -0.2) is 0 Å². The Morgan fingerprint density at radius 1 is 1.24 bits per heavy atom. The third-order valence-electron chi connectivity index (χ3n) is 5.19. The molecular formula is C21H22N4O4. The predicted octanol–water partition coefficient (Wildman–Crippen LogP) is 1.67. The minimum Gasteiger partial charge on any atom is -0.454 e. The van der Waals surface area contributed by atoms with E-state index in [9.17, 15) is 10.1 Å². The SMILES string of the molecule is Cc1cc2c(c(=O)n1CCN(C)C)[C@@H](c1ccc3c(c1)OCO3)C(C#N)=C(N)O2. The molecule has 150 valence electrons. The van der Waals surface area contributed by atoms with Gasteiger partial charge in [-0.3, -0.25) is 4.79 Å². The van der Waals surface area contributed by atoms with Crippen LogP contribution in [0, 0.1) is 18.3 Å². The van der Waals surface area contributed by atoms with Crippen LogP contribution in [0.2, 0.25) is 0 Å². The average Bonchev–Trinajstić information content (AvgIpc) is 3.14. The van der Waals surface area contributed by atoms with Crippen LogP contribution in [-0.2, 0) is 6.54 Å². The first-order valence-electron chi connectivity index (χ1n) is 9.27. The molecule has 0 amide bonds. The van der Waals surface area contributed by atoms with Crippen LogP contribution in [0.5, 0.6) is 17.2 Å². The molecule has 0 radical (unpaired) electrons. The Kier molecular flexibility index (Phi) is 4.68. The number of pyridine rings is 1. The van der Waals surface area contributed by atoms with Crippen LogP contribution in [0.1, 0.15) is 22.7 Å². The Morgan fingerprint density at radius 2 is 2.00 bits per heavy atom. The van der Waals surface area contributed by atoms with Gasteiger partial charge < -0.3 is 29.4 Å². The standard InChI is InChI=1S/C21H22N4O4/c1-12-8-17-19(21(26)25(12)7-6-24(2)3)18(14(10-22)20(23)29-17)13-4-5-15-16(9-13)28-11-27-15/h4-5,8-9,18H,6-7,11,23H2,1-3H3/t18-/m0/s1. The molecular weight excluding hydrogens is 372 g/mol. The molecule has 2 aliphatic heterocycles. The average molecular weight is 394 g/mol. The quantitative estimate of drug-likeness (QED) is 0.841. The van der Waals surface area contributed by atoms with E-state index in [2.05, 4.69) is 6.07 Å². The first-order valence-corrected chi connectivity index (χ1v) is 9.27. The van der Waals surface area contributed by atoms with E-state index < -0.39 is 5.92 Å². The lowest BCUT2D eigenvalue weighted by atomic mass is 9.84. The van der Waals surface area contributed by atoms with Gasteiger partial charge in [0, 0.05) is 24.8 Å². The summed E-state index contributed by atoms with van der Waals surface area (Å²) in [5.41, 5.74) is 7.95. The summed E-state index contributed by atoms with van der Waals surface area (Å²) in [4.78, 5) is 15.5. The number of likely N-dealkylation sites (N-methyl/N-ethyl adjacent to an activating group) is 1. The predicted molar refractivity (Wildman–Crippen MR) is 106 cm³/mol. The molecule has 1 aromatic heterocycles. The highest BCUT2D eigenvalue weighted by atomic mass is 16.7. The lowest BCUT2D eigenvalue weighted by molar-refractivity contribution is 0.174. The van der Waals surface area contributed by atoms with Gasteiger partial charge in [0.2, 0.25) is 12.7 Å². The molecule has 1 aromatic carbocycles. The first kappa shape index (κ1) is 18.9. The van der Waals surface area contributed by atoms with Crippen LogP contribution in [0.4, 0.5) is 0 Å². The van der Waals surface area contributed by atoms with E-state index >= 15 is 0 Å². The van der Waals surface area contributed by atoms with Crippen molar-refractivity contribution in [2.75, 3.05) is 27.4 Å². The molecule has 0 fully saturated rings. The number of aromatic nitrogens is 1. The van der Waals surface area contributed by atoms with E-state index in [4.69, 9.17) is 19.9 Å². The van der Waals surface area contributed by atoms with Gasteiger partial charge in [0.1, 0.15) is 17.4 Å². The second-order valence-corrected chi connectivity index (χ2v) is 7.36. The van der Waals surface area contributed by atoms with E-state index in [1.807, 2.05) is 32.0 Å². The largest absolute Gasteiger partial charge is 0.454 e. The minimum absolute atomic E-state index is 0.00695. The molecule has 0 spiro atoms. The molecule has 29 heavy (non-hydrogen) atoms. The second-order valence-electron chi connectivity index (χ2n) is 7.36. The van der Waals surface area contributed by atoms with Crippen molar-refractivity contribution in [2.24, 2.45) is 5.73 Å². The molecule has 8 nitrogen and oxygen atoms in total. The zero-order valence-electron chi connectivity index (χ0n) is 16.6. The number of rotatable bonds is 4. The summed E-state index contributed by atoms with van der Waals surface area (Å²) in [5.74, 6) is 0.951. The number of aryl methyl sites for hydroxylation is 1. The monoisotopic (exact) mass is 394 g/mol. The highest BCUT2D eigenvalue weighted by Gasteiger charge is 2.35. The van der Waals surface area contributed by atoms with Crippen LogP contribution in [0.15, 0.2) is 40.5 Å². The second kappa shape index (κ2) is 7.18. The molecule has 1 atom stereocenters. The van der Waals surface area contributed by atoms with E-state index in [1.54, 1.807) is 22.8 Å². The summed E-state index contributed by atoms with van der Waals surface area (Å²) < 4.78 is 18.2. The number of nitrogens with two attached hydrogens (primary N) is 1. The van der Waals surface area contributed by atoms with Crippen LogP contribution < -0.4 is 25.5 Å². The lowest BCUT2D eigenvalue weighted by Crippen LogP contribution is -2.34. The molecule has 2 aromatic rings. The van der Waals surface area contributed by atoms with Crippen molar-refractivity contribution >= 4 is 0 Å². The molecule has 2 N–H and O–H groups in total. The number of benzene rings is 1. The zero-order chi connectivity index (χ0) is 20.7. The summed E-state index contributed by atoms with van der Waals surface area (Å²) in [6.45, 7) is 3.23. The smallest absolute Gasteiger partial charge is 0.258 e. The van der Waals surface area contributed by atoms with E-state index in [1.165, 1.54) is 0 Å². The molecule has 0 unspecified atom stereocenters. The van der Waals surface area contributed by atoms with Gasteiger partial charge in [0.25, 0.3) is 5.56 Å². The summed E-state index contributed by atoms with van der Waals surface area (Å²) in [6, 6.07) is 9.31. The number of hydrogen-bond acceptors (Lipinski definition) is 7. The van der Waals surface area contributed by atoms with Gasteiger partial charge in [-0.15, -0.1) is 0 Å². The topological polar surface area (TPSA) is 103 Å². The van der Waals surface area contributed by atoms with Crippen molar-refractivity contribution in [3.05, 3.63) is 62.9 Å². The molecule has 0 saturated carbocycles. The fourth-order valence-corrected chi connectivity index (χ4v) is 3.69. The van der Waals surface area contributed by atoms with Gasteiger partial charge in [-0.05, 0) is 38.7 Å². The Morgan fingerprint density at radius 3 is 2.72 bits per heavy atom. The summed E-state index contributed by atoms with van der Waals surface area (Å²) in [7, 11) is 3.91. The van der Waals surface area contributed by atoms with Crippen molar-refractivity contribution < 1.29 is 14.2 Å². The van der Waals surface area contributed by atoms with E-state index in [0.29, 0.717) is 35.9 Å². The van der Waals surface area contributed by atoms with E-state index in [-0.39, 0.29) is 23.8 Å². The van der Waals surface area contributed by atoms with Crippen molar-refractivity contribution in [1.82, 2.24) is 9.47 Å². The van der Waals surface area contributed by atoms with Gasteiger partial charge in [0.15, 0.2) is 11.5 Å². The molecule has 4 rings (SSSR count). The number of nitriles is 1. The third kappa shape index (κ3) is 3.19. The van der Waals surface area contributed by atoms with Crippen LogP contribution in [-0.4, -0.2) is 36.9 Å².